The number of nitrogens with zero attached hydrogens (tertiary/aromatic N) is 3. The van der Waals surface area contributed by atoms with Crippen molar-refractivity contribution >= 4 is 5.91 Å². The van der Waals surface area contributed by atoms with Crippen LogP contribution in [0.2, 0.25) is 0 Å². The fraction of sp³-hybridized carbons (Fsp3) is 0.429. The monoisotopic (exact) mass is 458 g/mol. The Morgan fingerprint density at radius 3 is 2.47 bits per heavy atom. The molecule has 1 amide bonds. The van der Waals surface area contributed by atoms with Gasteiger partial charge in [0.1, 0.15) is 0 Å². The van der Waals surface area contributed by atoms with E-state index in [-0.39, 0.29) is 11.4 Å². The van der Waals surface area contributed by atoms with Gasteiger partial charge in [-0.3, -0.25) is 14.4 Å². The first kappa shape index (κ1) is 22.8. The standard InChI is InChI=1S/C28H34N4O2/c33-27(29-22-28(13-4-1-5-14-28)31-17-19-34-20-18-31)26-8-3-2-7-25(26)24-11-9-23(10-12-24)21-32-16-6-15-30-32/h2-3,6-12,15-16H,1,4-5,13-14,17-22H2,(H,29,33). The highest BCUT2D eigenvalue weighted by molar-refractivity contribution is 6.00. The molecule has 2 heterocycles. The third kappa shape index (κ3) is 5.08. The maximum atomic E-state index is 13.4. The maximum absolute atomic E-state index is 13.4. The van der Waals surface area contributed by atoms with E-state index in [1.807, 2.05) is 41.2 Å². The van der Waals surface area contributed by atoms with Crippen molar-refractivity contribution < 1.29 is 9.53 Å². The van der Waals surface area contributed by atoms with Gasteiger partial charge in [0.15, 0.2) is 0 Å². The molecule has 1 N–H and O–H groups in total. The fourth-order valence-electron chi connectivity index (χ4n) is 5.50. The van der Waals surface area contributed by atoms with Gasteiger partial charge in [-0.2, -0.15) is 5.10 Å². The molecule has 0 bridgehead atoms. The zero-order valence-electron chi connectivity index (χ0n) is 19.8. The summed E-state index contributed by atoms with van der Waals surface area (Å²) < 4.78 is 7.51. The predicted octanol–water partition coefficient (Wildman–Crippen LogP) is 4.36. The summed E-state index contributed by atoms with van der Waals surface area (Å²) in [6.45, 7) is 4.92. The van der Waals surface area contributed by atoms with Crippen LogP contribution in [0.15, 0.2) is 67.0 Å². The molecule has 1 saturated heterocycles. The van der Waals surface area contributed by atoms with Gasteiger partial charge in [-0.05, 0) is 41.7 Å². The van der Waals surface area contributed by atoms with Crippen LogP contribution in [0.1, 0.15) is 48.0 Å². The first-order valence-electron chi connectivity index (χ1n) is 12.5. The van der Waals surface area contributed by atoms with E-state index in [0.29, 0.717) is 6.54 Å². The number of aromatic nitrogens is 2. The SMILES string of the molecule is O=C(NCC1(N2CCOCC2)CCCCC1)c1ccccc1-c1ccc(Cn2cccn2)cc1. The molecule has 0 atom stereocenters. The van der Waals surface area contributed by atoms with Crippen molar-refractivity contribution in [2.45, 2.75) is 44.2 Å². The summed E-state index contributed by atoms with van der Waals surface area (Å²) in [5.74, 6) is 0.00873. The second kappa shape index (κ2) is 10.5. The molecule has 0 spiro atoms. The largest absolute Gasteiger partial charge is 0.379 e. The van der Waals surface area contributed by atoms with Crippen LogP contribution >= 0.6 is 0 Å². The van der Waals surface area contributed by atoms with Gasteiger partial charge in [0.25, 0.3) is 5.91 Å². The van der Waals surface area contributed by atoms with E-state index in [0.717, 1.165) is 62.4 Å². The van der Waals surface area contributed by atoms with Gasteiger partial charge in [0.2, 0.25) is 0 Å². The van der Waals surface area contributed by atoms with Crippen molar-refractivity contribution in [3.05, 3.63) is 78.1 Å². The van der Waals surface area contributed by atoms with Gasteiger partial charge in [-0.25, -0.2) is 0 Å². The number of ether oxygens (including phenoxy) is 1. The van der Waals surface area contributed by atoms with Gasteiger partial charge in [0, 0.05) is 43.1 Å². The summed E-state index contributed by atoms with van der Waals surface area (Å²) in [5.41, 5.74) is 3.99. The van der Waals surface area contributed by atoms with E-state index < -0.39 is 0 Å². The molecular weight excluding hydrogens is 424 g/mol. The Morgan fingerprint density at radius 1 is 0.971 bits per heavy atom. The highest BCUT2D eigenvalue weighted by Gasteiger charge is 2.39. The van der Waals surface area contributed by atoms with Gasteiger partial charge in [-0.1, -0.05) is 61.7 Å². The lowest BCUT2D eigenvalue weighted by Crippen LogP contribution is -2.59. The first-order chi connectivity index (χ1) is 16.7. The highest BCUT2D eigenvalue weighted by Crippen LogP contribution is 2.34. The molecule has 6 heteroatoms. The van der Waals surface area contributed by atoms with E-state index >= 15 is 0 Å². The Hall–Kier alpha value is -2.96. The topological polar surface area (TPSA) is 59.4 Å². The van der Waals surface area contributed by atoms with Crippen molar-refractivity contribution in [3.8, 4) is 11.1 Å². The Kier molecular flexibility index (Phi) is 7.07. The van der Waals surface area contributed by atoms with Crippen LogP contribution in [0.3, 0.4) is 0 Å². The predicted molar refractivity (Wildman–Crippen MR) is 134 cm³/mol. The molecule has 6 nitrogen and oxygen atoms in total. The minimum atomic E-state index is 0.00873. The highest BCUT2D eigenvalue weighted by atomic mass is 16.5. The number of nitrogens with one attached hydrogen (secondary N) is 1. The van der Waals surface area contributed by atoms with Crippen LogP contribution in [0, 0.1) is 0 Å². The number of hydrogen-bond donors (Lipinski definition) is 1. The van der Waals surface area contributed by atoms with Gasteiger partial charge in [-0.15, -0.1) is 0 Å². The molecule has 34 heavy (non-hydrogen) atoms. The molecule has 2 aromatic carbocycles. The Bertz CT molecular complexity index is 1070. The zero-order chi connectivity index (χ0) is 23.2. The third-order valence-electron chi connectivity index (χ3n) is 7.38. The van der Waals surface area contributed by atoms with E-state index in [2.05, 4.69) is 39.6 Å². The van der Waals surface area contributed by atoms with Crippen molar-refractivity contribution in [1.82, 2.24) is 20.0 Å². The Morgan fingerprint density at radius 2 is 1.74 bits per heavy atom. The van der Waals surface area contributed by atoms with E-state index in [1.165, 1.54) is 24.8 Å². The number of carbonyl (C=O) groups is 1. The van der Waals surface area contributed by atoms with Crippen LogP contribution in [-0.4, -0.2) is 59.0 Å². The molecule has 2 fully saturated rings. The van der Waals surface area contributed by atoms with Crippen LogP contribution in [0.4, 0.5) is 0 Å². The van der Waals surface area contributed by atoms with Gasteiger partial charge < -0.3 is 10.1 Å². The van der Waals surface area contributed by atoms with Crippen molar-refractivity contribution in [2.24, 2.45) is 0 Å². The van der Waals surface area contributed by atoms with Gasteiger partial charge in [0.05, 0.1) is 19.8 Å². The molecule has 178 valence electrons. The van der Waals surface area contributed by atoms with Crippen LogP contribution in [0.5, 0.6) is 0 Å². The average Bonchev–Trinajstić information content (AvgIpc) is 3.42. The van der Waals surface area contributed by atoms with E-state index in [1.54, 1.807) is 6.20 Å². The molecule has 1 aliphatic carbocycles. The number of benzene rings is 2. The molecule has 1 aliphatic heterocycles. The normalized spacial score (nSPS) is 18.5. The van der Waals surface area contributed by atoms with Crippen LogP contribution in [-0.2, 0) is 11.3 Å². The summed E-state index contributed by atoms with van der Waals surface area (Å²) in [4.78, 5) is 16.0. The molecule has 1 aromatic heterocycles. The van der Waals surface area contributed by atoms with E-state index in [4.69, 9.17) is 4.74 Å². The minimum absolute atomic E-state index is 0.00873. The fourth-order valence-corrected chi connectivity index (χ4v) is 5.50. The van der Waals surface area contributed by atoms with E-state index in [9.17, 15) is 4.79 Å². The van der Waals surface area contributed by atoms with Crippen molar-refractivity contribution in [1.29, 1.82) is 0 Å². The number of hydrogen-bond acceptors (Lipinski definition) is 4. The zero-order valence-corrected chi connectivity index (χ0v) is 19.8. The van der Waals surface area contributed by atoms with Crippen molar-refractivity contribution in [3.63, 3.8) is 0 Å². The lowest BCUT2D eigenvalue weighted by atomic mass is 9.79. The second-order valence-corrected chi connectivity index (χ2v) is 9.51. The average molecular weight is 459 g/mol. The Balaban J connectivity index is 1.31. The second-order valence-electron chi connectivity index (χ2n) is 9.51. The molecule has 2 aliphatic rings. The number of amides is 1. The summed E-state index contributed by atoms with van der Waals surface area (Å²) in [6, 6.07) is 18.3. The summed E-state index contributed by atoms with van der Waals surface area (Å²) >= 11 is 0. The molecule has 3 aromatic rings. The summed E-state index contributed by atoms with van der Waals surface area (Å²) in [7, 11) is 0. The molecule has 1 saturated carbocycles. The van der Waals surface area contributed by atoms with Crippen molar-refractivity contribution in [2.75, 3.05) is 32.8 Å². The quantitative estimate of drug-likeness (QED) is 0.571. The smallest absolute Gasteiger partial charge is 0.251 e. The molecule has 5 rings (SSSR count). The van der Waals surface area contributed by atoms with Crippen LogP contribution < -0.4 is 5.32 Å². The molecule has 0 unspecified atom stereocenters. The number of carbonyl (C=O) groups excluding carboxylic acids is 1. The Labute approximate surface area is 201 Å². The van der Waals surface area contributed by atoms with Gasteiger partial charge >= 0.3 is 0 Å². The van der Waals surface area contributed by atoms with Crippen LogP contribution in [0.25, 0.3) is 11.1 Å². The summed E-state index contributed by atoms with van der Waals surface area (Å²) in [5, 5.41) is 7.61. The maximum Gasteiger partial charge on any atom is 0.251 e. The number of rotatable bonds is 7. The molecular formula is C28H34N4O2. The lowest BCUT2D eigenvalue weighted by Gasteiger charge is -2.48. The first-order valence-corrected chi connectivity index (χ1v) is 12.5. The summed E-state index contributed by atoms with van der Waals surface area (Å²) in [6.07, 6.45) is 9.80. The number of morpholine rings is 1. The minimum Gasteiger partial charge on any atom is -0.379 e. The lowest BCUT2D eigenvalue weighted by molar-refractivity contribution is -0.0361. The third-order valence-corrected chi connectivity index (χ3v) is 7.38. The molecule has 0 radical (unpaired) electrons.